The largest absolute Gasteiger partial charge is 0.345 e. The molecule has 3 rings (SSSR count). The van der Waals surface area contributed by atoms with Crippen LogP contribution in [0.4, 0.5) is 0 Å². The summed E-state index contributed by atoms with van der Waals surface area (Å²) in [5, 5.41) is 2.44. The minimum absolute atomic E-state index is 1.05. The Morgan fingerprint density at radius 3 is 2.56 bits per heavy atom. The summed E-state index contributed by atoms with van der Waals surface area (Å²) in [4.78, 5) is 7.20. The molecule has 0 atom stereocenters. The highest BCUT2D eigenvalue weighted by molar-refractivity contribution is 9.10. The highest BCUT2D eigenvalue weighted by Gasteiger charge is 2.06. The minimum atomic E-state index is 1.05. The lowest BCUT2D eigenvalue weighted by Crippen LogP contribution is -1.82. The van der Waals surface area contributed by atoms with Gasteiger partial charge in [-0.05, 0) is 16.8 Å². The van der Waals surface area contributed by atoms with Crippen LogP contribution < -0.4 is 0 Å². The van der Waals surface area contributed by atoms with Gasteiger partial charge in [0.15, 0.2) is 0 Å². The van der Waals surface area contributed by atoms with Crippen molar-refractivity contribution in [1.29, 1.82) is 0 Å². The van der Waals surface area contributed by atoms with Crippen molar-refractivity contribution in [3.05, 3.63) is 53.4 Å². The molecule has 2 aromatic carbocycles. The highest BCUT2D eigenvalue weighted by Crippen LogP contribution is 2.31. The van der Waals surface area contributed by atoms with Gasteiger partial charge < -0.3 is 4.98 Å². The standard InChI is InChI=1S/C13H9BrN2/c14-12-6-5-11(13-7-15-8-16-13)9-3-1-2-4-10(9)12/h1-8H,(H,15,16). The summed E-state index contributed by atoms with van der Waals surface area (Å²) in [6, 6.07) is 12.5. The van der Waals surface area contributed by atoms with Gasteiger partial charge in [-0.1, -0.05) is 46.3 Å². The van der Waals surface area contributed by atoms with Crippen LogP contribution in [0.5, 0.6) is 0 Å². The van der Waals surface area contributed by atoms with Gasteiger partial charge >= 0.3 is 0 Å². The number of benzene rings is 2. The van der Waals surface area contributed by atoms with Crippen molar-refractivity contribution < 1.29 is 0 Å². The van der Waals surface area contributed by atoms with E-state index >= 15 is 0 Å². The van der Waals surface area contributed by atoms with Gasteiger partial charge in [-0.25, -0.2) is 4.98 Å². The normalized spacial score (nSPS) is 10.8. The fraction of sp³-hybridized carbons (Fsp3) is 0. The Morgan fingerprint density at radius 2 is 1.81 bits per heavy atom. The van der Waals surface area contributed by atoms with Gasteiger partial charge in [0.1, 0.15) is 0 Å². The number of rotatable bonds is 1. The van der Waals surface area contributed by atoms with Crippen LogP contribution >= 0.6 is 15.9 Å². The molecule has 0 aliphatic carbocycles. The molecule has 0 bridgehead atoms. The monoisotopic (exact) mass is 272 g/mol. The molecule has 0 radical (unpaired) electrons. The SMILES string of the molecule is Brc1ccc(-c2cnc[nH]2)c2ccccc12. The summed E-state index contributed by atoms with van der Waals surface area (Å²) in [5.74, 6) is 0. The van der Waals surface area contributed by atoms with E-state index in [0.29, 0.717) is 0 Å². The molecule has 1 aromatic heterocycles. The Hall–Kier alpha value is -1.61. The van der Waals surface area contributed by atoms with Gasteiger partial charge in [0.25, 0.3) is 0 Å². The molecule has 0 aliphatic rings. The Morgan fingerprint density at radius 1 is 1.00 bits per heavy atom. The molecule has 1 N–H and O–H groups in total. The van der Waals surface area contributed by atoms with Crippen LogP contribution in [0.1, 0.15) is 0 Å². The van der Waals surface area contributed by atoms with Crippen LogP contribution in [0.15, 0.2) is 53.4 Å². The molecule has 3 aromatic rings. The molecule has 78 valence electrons. The minimum Gasteiger partial charge on any atom is -0.345 e. The fourth-order valence-corrected chi connectivity index (χ4v) is 2.38. The van der Waals surface area contributed by atoms with Crippen LogP contribution in [0, 0.1) is 0 Å². The van der Waals surface area contributed by atoms with Gasteiger partial charge in [0.2, 0.25) is 0 Å². The Balaban J connectivity index is 2.39. The first-order chi connectivity index (χ1) is 7.86. The lowest BCUT2D eigenvalue weighted by molar-refractivity contribution is 1.31. The third kappa shape index (κ3) is 1.44. The summed E-state index contributed by atoms with van der Waals surface area (Å²) < 4.78 is 1.12. The molecule has 0 fully saturated rings. The summed E-state index contributed by atoms with van der Waals surface area (Å²) in [6.07, 6.45) is 3.54. The number of aromatic nitrogens is 2. The van der Waals surface area contributed by atoms with Crippen molar-refractivity contribution in [1.82, 2.24) is 9.97 Å². The summed E-state index contributed by atoms with van der Waals surface area (Å²) in [7, 11) is 0. The van der Waals surface area contributed by atoms with Crippen molar-refractivity contribution in [2.24, 2.45) is 0 Å². The Labute approximate surface area is 101 Å². The smallest absolute Gasteiger partial charge is 0.0924 e. The Kier molecular flexibility index (Phi) is 2.26. The summed E-state index contributed by atoms with van der Waals surface area (Å²) in [6.45, 7) is 0. The predicted octanol–water partition coefficient (Wildman–Crippen LogP) is 3.99. The molecule has 0 saturated heterocycles. The molecule has 3 heteroatoms. The number of hydrogen-bond donors (Lipinski definition) is 1. The third-order valence-electron chi connectivity index (χ3n) is 2.66. The van der Waals surface area contributed by atoms with E-state index in [1.54, 1.807) is 6.33 Å². The van der Waals surface area contributed by atoms with Gasteiger partial charge in [0.05, 0.1) is 18.2 Å². The van der Waals surface area contributed by atoms with E-state index in [4.69, 9.17) is 0 Å². The molecule has 16 heavy (non-hydrogen) atoms. The molecule has 0 aliphatic heterocycles. The molecule has 0 saturated carbocycles. The average Bonchev–Trinajstić information content (AvgIpc) is 2.83. The van der Waals surface area contributed by atoms with Crippen molar-refractivity contribution >= 4 is 26.7 Å². The predicted molar refractivity (Wildman–Crippen MR) is 69.2 cm³/mol. The first-order valence-corrected chi connectivity index (χ1v) is 5.81. The van der Waals surface area contributed by atoms with E-state index in [1.807, 2.05) is 12.3 Å². The first-order valence-electron chi connectivity index (χ1n) is 5.02. The molecular formula is C13H9BrN2. The number of imidazole rings is 1. The fourth-order valence-electron chi connectivity index (χ4n) is 1.90. The van der Waals surface area contributed by atoms with Crippen LogP contribution in [-0.2, 0) is 0 Å². The van der Waals surface area contributed by atoms with E-state index in [1.165, 1.54) is 16.3 Å². The zero-order valence-electron chi connectivity index (χ0n) is 8.44. The second-order valence-corrected chi connectivity index (χ2v) is 4.46. The van der Waals surface area contributed by atoms with E-state index in [-0.39, 0.29) is 0 Å². The van der Waals surface area contributed by atoms with Crippen molar-refractivity contribution in [2.45, 2.75) is 0 Å². The number of H-pyrrole nitrogens is 1. The van der Waals surface area contributed by atoms with Crippen molar-refractivity contribution in [3.8, 4) is 11.3 Å². The van der Waals surface area contributed by atoms with Crippen molar-refractivity contribution in [2.75, 3.05) is 0 Å². The summed E-state index contributed by atoms with van der Waals surface area (Å²) >= 11 is 3.57. The van der Waals surface area contributed by atoms with Gasteiger partial charge in [0, 0.05) is 10.0 Å². The van der Waals surface area contributed by atoms with E-state index < -0.39 is 0 Å². The van der Waals surface area contributed by atoms with Crippen LogP contribution in [0.3, 0.4) is 0 Å². The number of halogens is 1. The molecular weight excluding hydrogens is 264 g/mol. The topological polar surface area (TPSA) is 28.7 Å². The second kappa shape index (κ2) is 3.76. The van der Waals surface area contributed by atoms with E-state index in [2.05, 4.69) is 56.2 Å². The van der Waals surface area contributed by atoms with Crippen LogP contribution in [0.2, 0.25) is 0 Å². The molecule has 0 unspecified atom stereocenters. The van der Waals surface area contributed by atoms with Gasteiger partial charge in [-0.2, -0.15) is 0 Å². The lowest BCUT2D eigenvalue weighted by atomic mass is 10.0. The van der Waals surface area contributed by atoms with Crippen LogP contribution in [0.25, 0.3) is 22.0 Å². The number of fused-ring (bicyclic) bond motifs is 1. The lowest BCUT2D eigenvalue weighted by Gasteiger charge is -2.06. The van der Waals surface area contributed by atoms with Gasteiger partial charge in [-0.3, -0.25) is 0 Å². The van der Waals surface area contributed by atoms with E-state index in [9.17, 15) is 0 Å². The quantitative estimate of drug-likeness (QED) is 0.713. The third-order valence-corrected chi connectivity index (χ3v) is 3.35. The maximum atomic E-state index is 4.06. The number of aromatic amines is 1. The maximum Gasteiger partial charge on any atom is 0.0924 e. The average molecular weight is 273 g/mol. The maximum absolute atomic E-state index is 4.06. The number of nitrogens with one attached hydrogen (secondary N) is 1. The zero-order valence-corrected chi connectivity index (χ0v) is 10.0. The van der Waals surface area contributed by atoms with Crippen molar-refractivity contribution in [3.63, 3.8) is 0 Å². The summed E-state index contributed by atoms with van der Waals surface area (Å²) in [5.41, 5.74) is 2.22. The Bertz CT molecular complexity index is 629. The molecule has 0 spiro atoms. The van der Waals surface area contributed by atoms with E-state index in [0.717, 1.165) is 10.2 Å². The van der Waals surface area contributed by atoms with Crippen LogP contribution in [-0.4, -0.2) is 9.97 Å². The first kappa shape index (κ1) is 9.60. The number of hydrogen-bond acceptors (Lipinski definition) is 1. The molecule has 2 nitrogen and oxygen atoms in total. The molecule has 1 heterocycles. The highest BCUT2D eigenvalue weighted by atomic mass is 79.9. The number of nitrogens with zero attached hydrogens (tertiary/aromatic N) is 1. The second-order valence-electron chi connectivity index (χ2n) is 3.61. The van der Waals surface area contributed by atoms with Gasteiger partial charge in [-0.15, -0.1) is 0 Å². The zero-order chi connectivity index (χ0) is 11.0. The molecule has 0 amide bonds.